The van der Waals surface area contributed by atoms with Crippen LogP contribution in [-0.2, 0) is 6.42 Å². The van der Waals surface area contributed by atoms with Gasteiger partial charge in [0.05, 0.1) is 6.10 Å². The van der Waals surface area contributed by atoms with Gasteiger partial charge in [-0.05, 0) is 24.1 Å². The largest absolute Gasteiger partial charge is 0.387 e. The number of halogens is 3. The van der Waals surface area contributed by atoms with Crippen LogP contribution in [0.15, 0.2) is 41.3 Å². The number of hydrogen-bond acceptors (Lipinski definition) is 2. The van der Waals surface area contributed by atoms with Gasteiger partial charge in [-0.25, -0.2) is 13.2 Å². The number of aliphatic hydroxyl groups is 1. The molecule has 2 atom stereocenters. The van der Waals surface area contributed by atoms with E-state index in [1.54, 1.807) is 0 Å². The van der Waals surface area contributed by atoms with Crippen LogP contribution in [0.4, 0.5) is 13.2 Å². The molecule has 0 radical (unpaired) electrons. The topological polar surface area (TPSA) is 20.2 Å². The summed E-state index contributed by atoms with van der Waals surface area (Å²) in [5.41, 5.74) is 0.874. The second-order valence-electron chi connectivity index (χ2n) is 4.68. The molecule has 2 aromatic rings. The monoisotopic (exact) mass is 296 g/mol. The molecule has 0 fully saturated rings. The highest BCUT2D eigenvalue weighted by Gasteiger charge is 2.31. The van der Waals surface area contributed by atoms with Crippen LogP contribution in [0.2, 0.25) is 0 Å². The predicted molar refractivity (Wildman–Crippen MR) is 71.1 cm³/mol. The van der Waals surface area contributed by atoms with Crippen molar-refractivity contribution in [2.75, 3.05) is 0 Å². The van der Waals surface area contributed by atoms with Crippen LogP contribution in [0, 0.1) is 17.5 Å². The number of thioether (sulfide) groups is 1. The fourth-order valence-corrected chi connectivity index (χ4v) is 3.68. The summed E-state index contributed by atoms with van der Waals surface area (Å²) in [4.78, 5) is 1.03. The Morgan fingerprint density at radius 3 is 2.55 bits per heavy atom. The number of benzene rings is 2. The molecule has 0 saturated carbocycles. The van der Waals surface area contributed by atoms with Crippen molar-refractivity contribution in [3.8, 4) is 0 Å². The van der Waals surface area contributed by atoms with Gasteiger partial charge >= 0.3 is 0 Å². The third kappa shape index (κ3) is 2.21. The third-order valence-electron chi connectivity index (χ3n) is 3.41. The average Bonchev–Trinajstić information content (AvgIpc) is 2.88. The zero-order valence-corrected chi connectivity index (χ0v) is 11.1. The molecule has 104 valence electrons. The summed E-state index contributed by atoms with van der Waals surface area (Å²) in [6, 6.07) is 9.59. The Labute approximate surface area is 118 Å². The fraction of sp³-hybridized carbons (Fsp3) is 0.200. The molecule has 0 bridgehead atoms. The molecule has 1 nitrogen and oxygen atoms in total. The molecule has 20 heavy (non-hydrogen) atoms. The van der Waals surface area contributed by atoms with Crippen LogP contribution < -0.4 is 0 Å². The number of hydrogen-bond donors (Lipinski definition) is 1. The van der Waals surface area contributed by atoms with Crippen LogP contribution in [-0.4, -0.2) is 10.4 Å². The minimum absolute atomic E-state index is 0.200. The highest BCUT2D eigenvalue weighted by Crippen LogP contribution is 2.43. The highest BCUT2D eigenvalue weighted by atomic mass is 32.2. The van der Waals surface area contributed by atoms with Crippen LogP contribution in [0.5, 0.6) is 0 Å². The van der Waals surface area contributed by atoms with E-state index in [0.29, 0.717) is 6.42 Å². The van der Waals surface area contributed by atoms with E-state index in [0.717, 1.165) is 22.6 Å². The van der Waals surface area contributed by atoms with E-state index in [1.165, 1.54) is 11.8 Å². The van der Waals surface area contributed by atoms with Crippen LogP contribution in [0.1, 0.15) is 17.2 Å². The maximum Gasteiger partial charge on any atom is 0.194 e. The number of rotatable bonds is 2. The summed E-state index contributed by atoms with van der Waals surface area (Å²) in [6.45, 7) is 0. The van der Waals surface area contributed by atoms with Gasteiger partial charge < -0.3 is 5.11 Å². The third-order valence-corrected chi connectivity index (χ3v) is 4.79. The lowest BCUT2D eigenvalue weighted by Crippen LogP contribution is -2.16. The second-order valence-corrected chi connectivity index (χ2v) is 5.96. The van der Waals surface area contributed by atoms with Crippen molar-refractivity contribution < 1.29 is 18.3 Å². The van der Waals surface area contributed by atoms with Gasteiger partial charge in [0.2, 0.25) is 0 Å². The van der Waals surface area contributed by atoms with Gasteiger partial charge in [0.1, 0.15) is 0 Å². The van der Waals surface area contributed by atoms with Gasteiger partial charge in [0.25, 0.3) is 0 Å². The quantitative estimate of drug-likeness (QED) is 0.849. The molecule has 0 aromatic heterocycles. The van der Waals surface area contributed by atoms with E-state index in [9.17, 15) is 18.3 Å². The Balaban J connectivity index is 1.88. The normalized spacial score (nSPS) is 18.9. The average molecular weight is 296 g/mol. The van der Waals surface area contributed by atoms with Crippen LogP contribution in [0.25, 0.3) is 0 Å². The molecule has 5 heteroatoms. The summed E-state index contributed by atoms with van der Waals surface area (Å²) in [7, 11) is 0. The molecule has 1 aliphatic heterocycles. The van der Waals surface area contributed by atoms with Crippen molar-refractivity contribution in [2.45, 2.75) is 22.7 Å². The molecule has 0 amide bonds. The first-order valence-corrected chi connectivity index (χ1v) is 7.02. The molecule has 1 N–H and O–H groups in total. The van der Waals surface area contributed by atoms with E-state index >= 15 is 0 Å². The minimum atomic E-state index is -1.54. The SMILES string of the molecule is OC(c1ccc(F)c(F)c1F)C1Cc2ccccc2S1. The number of aliphatic hydroxyl groups excluding tert-OH is 1. The lowest BCUT2D eigenvalue weighted by atomic mass is 10.0. The molecule has 0 saturated heterocycles. The first-order valence-electron chi connectivity index (χ1n) is 6.14. The molecular formula is C15H11F3OS. The van der Waals surface area contributed by atoms with E-state index < -0.39 is 23.6 Å². The molecule has 1 aliphatic rings. The van der Waals surface area contributed by atoms with E-state index in [2.05, 4.69) is 0 Å². The minimum Gasteiger partial charge on any atom is -0.387 e. The Bertz CT molecular complexity index is 635. The maximum atomic E-state index is 13.7. The van der Waals surface area contributed by atoms with Gasteiger partial charge in [-0.1, -0.05) is 24.3 Å². The summed E-state index contributed by atoms with van der Waals surface area (Å²) in [6.07, 6.45) is -0.608. The summed E-state index contributed by atoms with van der Waals surface area (Å²) in [5.74, 6) is -4.10. The van der Waals surface area contributed by atoms with Crippen molar-refractivity contribution in [1.82, 2.24) is 0 Å². The molecule has 3 rings (SSSR count). The molecule has 0 aliphatic carbocycles. The van der Waals surface area contributed by atoms with E-state index in [4.69, 9.17) is 0 Å². The summed E-state index contributed by atoms with van der Waals surface area (Å²) >= 11 is 1.42. The van der Waals surface area contributed by atoms with Crippen molar-refractivity contribution in [2.24, 2.45) is 0 Å². The zero-order chi connectivity index (χ0) is 14.3. The fourth-order valence-electron chi connectivity index (χ4n) is 2.35. The first-order chi connectivity index (χ1) is 9.58. The molecule has 1 heterocycles. The first kappa shape index (κ1) is 13.5. The Morgan fingerprint density at radius 2 is 1.80 bits per heavy atom. The zero-order valence-electron chi connectivity index (χ0n) is 10.3. The number of fused-ring (bicyclic) bond motifs is 1. The van der Waals surface area contributed by atoms with Crippen LogP contribution >= 0.6 is 11.8 Å². The van der Waals surface area contributed by atoms with Gasteiger partial charge in [-0.15, -0.1) is 11.8 Å². The van der Waals surface area contributed by atoms with Crippen molar-refractivity contribution in [3.63, 3.8) is 0 Å². The lowest BCUT2D eigenvalue weighted by Gasteiger charge is -2.18. The molecular weight excluding hydrogens is 285 g/mol. The highest BCUT2D eigenvalue weighted by molar-refractivity contribution is 8.00. The standard InChI is InChI=1S/C15H11F3OS/c16-10-6-5-9(13(17)14(10)18)15(19)12-7-8-3-1-2-4-11(8)20-12/h1-6,12,15,19H,7H2. The van der Waals surface area contributed by atoms with Crippen molar-refractivity contribution in [1.29, 1.82) is 0 Å². The molecule has 2 unspecified atom stereocenters. The maximum absolute atomic E-state index is 13.7. The van der Waals surface area contributed by atoms with E-state index in [1.807, 2.05) is 24.3 Å². The van der Waals surface area contributed by atoms with E-state index in [-0.39, 0.29) is 10.8 Å². The van der Waals surface area contributed by atoms with Crippen LogP contribution in [0.3, 0.4) is 0 Å². The Kier molecular flexibility index (Phi) is 3.48. The van der Waals surface area contributed by atoms with Gasteiger partial charge in [-0.3, -0.25) is 0 Å². The van der Waals surface area contributed by atoms with Gasteiger partial charge in [0, 0.05) is 15.7 Å². The summed E-state index contributed by atoms with van der Waals surface area (Å²) in [5, 5.41) is 9.94. The Morgan fingerprint density at radius 1 is 1.05 bits per heavy atom. The molecule has 2 aromatic carbocycles. The smallest absolute Gasteiger partial charge is 0.194 e. The van der Waals surface area contributed by atoms with Crippen molar-refractivity contribution in [3.05, 3.63) is 65.0 Å². The lowest BCUT2D eigenvalue weighted by molar-refractivity contribution is 0.168. The van der Waals surface area contributed by atoms with Gasteiger partial charge in [-0.2, -0.15) is 0 Å². The second kappa shape index (κ2) is 5.14. The Hall–Kier alpha value is -1.46. The molecule has 0 spiro atoms. The predicted octanol–water partition coefficient (Wildman–Crippen LogP) is 3.85. The van der Waals surface area contributed by atoms with Crippen molar-refractivity contribution >= 4 is 11.8 Å². The van der Waals surface area contributed by atoms with Gasteiger partial charge in [0.15, 0.2) is 17.5 Å². The summed E-state index contributed by atoms with van der Waals surface area (Å²) < 4.78 is 39.9.